The first-order chi connectivity index (χ1) is 17.8. The summed E-state index contributed by atoms with van der Waals surface area (Å²) >= 11 is 2.11. The minimum Gasteiger partial charge on any atom is -0.507 e. The van der Waals surface area contributed by atoms with Crippen LogP contribution in [0.25, 0.3) is 0 Å². The molecule has 0 fully saturated rings. The molecule has 2 rings (SSSR count). The summed E-state index contributed by atoms with van der Waals surface area (Å²) in [6.07, 6.45) is 17.0. The van der Waals surface area contributed by atoms with Crippen LogP contribution in [0.1, 0.15) is 137 Å². The Morgan fingerprint density at radius 3 is 1.54 bits per heavy atom. The van der Waals surface area contributed by atoms with Crippen molar-refractivity contribution < 1.29 is 10.2 Å². The number of rotatable bonds is 18. The Bertz CT molecular complexity index is 878. The van der Waals surface area contributed by atoms with Crippen molar-refractivity contribution in [3.8, 4) is 11.5 Å². The van der Waals surface area contributed by atoms with E-state index >= 15 is 0 Å². The second kappa shape index (κ2) is 17.1. The van der Waals surface area contributed by atoms with E-state index in [0.29, 0.717) is 16.7 Å². The van der Waals surface area contributed by atoms with Crippen molar-refractivity contribution in [1.29, 1.82) is 0 Å². The van der Waals surface area contributed by atoms with Gasteiger partial charge < -0.3 is 10.2 Å². The van der Waals surface area contributed by atoms with E-state index in [-0.39, 0.29) is 5.92 Å². The number of aromatic hydroxyl groups is 2. The number of hydrogen-bond donors (Lipinski definition) is 2. The quantitative estimate of drug-likeness (QED) is 0.190. The maximum Gasteiger partial charge on any atom is 0.122 e. The molecule has 2 nitrogen and oxygen atoms in total. The molecule has 1 unspecified atom stereocenters. The number of unbranched alkanes of at least 4 members (excludes halogenated alkanes) is 9. The van der Waals surface area contributed by atoms with Crippen LogP contribution in [-0.2, 0) is 0 Å². The van der Waals surface area contributed by atoms with Gasteiger partial charge in [-0.05, 0) is 63.8 Å². The molecule has 0 saturated heterocycles. The van der Waals surface area contributed by atoms with Crippen molar-refractivity contribution in [3.05, 3.63) is 57.6 Å². The van der Waals surface area contributed by atoms with Gasteiger partial charge in [-0.1, -0.05) is 113 Å². The van der Waals surface area contributed by atoms with Crippen LogP contribution in [0.4, 0.5) is 0 Å². The third kappa shape index (κ3) is 10.6. The van der Waals surface area contributed by atoms with E-state index in [0.717, 1.165) is 52.6 Å². The Labute approximate surface area is 232 Å². The fraction of sp³-hybridized carbons (Fsp3) is 0.647. The summed E-state index contributed by atoms with van der Waals surface area (Å²) in [6.45, 7) is 12.7. The van der Waals surface area contributed by atoms with Gasteiger partial charge in [0.1, 0.15) is 11.5 Å². The average Bonchev–Trinajstić information content (AvgIpc) is 2.85. The van der Waals surface area contributed by atoms with E-state index in [2.05, 4.69) is 51.6 Å². The highest BCUT2D eigenvalue weighted by Crippen LogP contribution is 2.44. The van der Waals surface area contributed by atoms with Crippen LogP contribution in [0, 0.1) is 27.7 Å². The molecule has 0 aliphatic heterocycles. The van der Waals surface area contributed by atoms with Gasteiger partial charge in [-0.25, -0.2) is 0 Å². The molecule has 1 atom stereocenters. The van der Waals surface area contributed by atoms with Gasteiger partial charge in [0.25, 0.3) is 0 Å². The largest absolute Gasteiger partial charge is 0.507 e. The average molecular weight is 527 g/mol. The molecule has 2 N–H and O–H groups in total. The number of benzene rings is 2. The second-order valence-electron chi connectivity index (χ2n) is 11.3. The number of phenolic OH excluding ortho intramolecular Hbond substituents is 2. The minimum absolute atomic E-state index is 0.0195. The fourth-order valence-corrected chi connectivity index (χ4v) is 7.07. The lowest BCUT2D eigenvalue weighted by Gasteiger charge is -2.27. The zero-order valence-electron chi connectivity index (χ0n) is 24.7. The van der Waals surface area contributed by atoms with E-state index in [1.54, 1.807) is 0 Å². The topological polar surface area (TPSA) is 40.5 Å². The summed E-state index contributed by atoms with van der Waals surface area (Å²) in [7, 11) is 0. The fourth-order valence-electron chi connectivity index (χ4n) is 5.63. The highest BCUT2D eigenvalue weighted by atomic mass is 32.2. The van der Waals surface area contributed by atoms with Gasteiger partial charge >= 0.3 is 0 Å². The molecule has 0 radical (unpaired) electrons. The van der Waals surface area contributed by atoms with Crippen molar-refractivity contribution in [3.63, 3.8) is 0 Å². The lowest BCUT2D eigenvalue weighted by Crippen LogP contribution is -2.13. The third-order valence-electron chi connectivity index (χ3n) is 7.66. The van der Waals surface area contributed by atoms with Gasteiger partial charge in [-0.2, -0.15) is 11.8 Å². The smallest absolute Gasteiger partial charge is 0.122 e. The summed E-state index contributed by atoms with van der Waals surface area (Å²) in [5.41, 5.74) is 6.05. The van der Waals surface area contributed by atoms with Crippen LogP contribution in [0.15, 0.2) is 24.3 Å². The van der Waals surface area contributed by atoms with E-state index in [4.69, 9.17) is 0 Å². The first-order valence-electron chi connectivity index (χ1n) is 15.0. The molecular weight excluding hydrogens is 472 g/mol. The molecular formula is C34H54O2S. The normalized spacial score (nSPS) is 12.4. The van der Waals surface area contributed by atoms with Gasteiger partial charge in [0.2, 0.25) is 0 Å². The van der Waals surface area contributed by atoms with E-state index in [1.165, 1.54) is 70.0 Å². The maximum absolute atomic E-state index is 11.1. The Hall–Kier alpha value is -1.61. The molecule has 0 spiro atoms. The number of thioether (sulfide) groups is 1. The van der Waals surface area contributed by atoms with E-state index < -0.39 is 0 Å². The van der Waals surface area contributed by atoms with Crippen LogP contribution >= 0.6 is 11.8 Å². The second-order valence-corrected chi connectivity index (χ2v) is 12.7. The molecule has 2 aromatic carbocycles. The zero-order valence-corrected chi connectivity index (χ0v) is 25.5. The molecule has 37 heavy (non-hydrogen) atoms. The highest BCUT2D eigenvalue weighted by Gasteiger charge is 2.26. The molecule has 0 heterocycles. The summed E-state index contributed by atoms with van der Waals surface area (Å²) in [5.74, 6) is 1.94. The molecule has 0 bridgehead atoms. The summed E-state index contributed by atoms with van der Waals surface area (Å²) in [5, 5.41) is 22.7. The zero-order chi connectivity index (χ0) is 27.2. The first-order valence-corrected chi connectivity index (χ1v) is 16.0. The van der Waals surface area contributed by atoms with Crippen molar-refractivity contribution >= 4 is 11.8 Å². The summed E-state index contributed by atoms with van der Waals surface area (Å²) in [6, 6.07) is 8.33. The monoisotopic (exact) mass is 526 g/mol. The lowest BCUT2D eigenvalue weighted by atomic mass is 9.82. The predicted molar refractivity (Wildman–Crippen MR) is 165 cm³/mol. The molecule has 0 amide bonds. The standard InChI is InChI=1S/C34H54O2S/c1-7-9-10-11-12-13-14-15-16-17-19-37-29(18-8-2)24-30(31-22-25(3)20-27(5)33(31)35)32-23-26(4)21-28(6)34(32)36/h20-23,29-30,35-36H,7-19,24H2,1-6H3. The SMILES string of the molecule is CCCCCCCCCCCCSC(CCC)CC(c1cc(C)cc(C)c1O)c1cc(C)cc(C)c1O. The van der Waals surface area contributed by atoms with Crippen LogP contribution in [0.5, 0.6) is 11.5 Å². The first kappa shape index (κ1) is 31.6. The molecule has 2 aromatic rings. The van der Waals surface area contributed by atoms with Crippen molar-refractivity contribution in [2.45, 2.75) is 136 Å². The molecule has 0 aliphatic rings. The molecule has 0 aromatic heterocycles. The van der Waals surface area contributed by atoms with Gasteiger partial charge in [0.15, 0.2) is 0 Å². The van der Waals surface area contributed by atoms with Gasteiger partial charge in [0.05, 0.1) is 0 Å². The Balaban J connectivity index is 2.06. The Morgan fingerprint density at radius 1 is 0.622 bits per heavy atom. The van der Waals surface area contributed by atoms with E-state index in [1.807, 2.05) is 26.0 Å². The summed E-state index contributed by atoms with van der Waals surface area (Å²) in [4.78, 5) is 0. The molecule has 3 heteroatoms. The van der Waals surface area contributed by atoms with Gasteiger partial charge in [0, 0.05) is 22.3 Å². The summed E-state index contributed by atoms with van der Waals surface area (Å²) < 4.78 is 0. The predicted octanol–water partition coefficient (Wildman–Crippen LogP) is 10.7. The van der Waals surface area contributed by atoms with Crippen molar-refractivity contribution in [1.82, 2.24) is 0 Å². The molecule has 0 saturated carbocycles. The van der Waals surface area contributed by atoms with Crippen LogP contribution < -0.4 is 0 Å². The van der Waals surface area contributed by atoms with Crippen LogP contribution in [0.3, 0.4) is 0 Å². The van der Waals surface area contributed by atoms with Crippen molar-refractivity contribution in [2.24, 2.45) is 0 Å². The third-order valence-corrected chi connectivity index (χ3v) is 9.08. The Kier molecular flexibility index (Phi) is 14.6. The Morgan fingerprint density at radius 2 is 1.08 bits per heavy atom. The highest BCUT2D eigenvalue weighted by molar-refractivity contribution is 7.99. The molecule has 0 aliphatic carbocycles. The number of phenols is 2. The number of aryl methyl sites for hydroxylation is 4. The maximum atomic E-state index is 11.1. The van der Waals surface area contributed by atoms with Crippen LogP contribution in [0.2, 0.25) is 0 Å². The number of hydrogen-bond acceptors (Lipinski definition) is 3. The minimum atomic E-state index is -0.0195. The van der Waals surface area contributed by atoms with Gasteiger partial charge in [-0.15, -0.1) is 0 Å². The van der Waals surface area contributed by atoms with Crippen molar-refractivity contribution in [2.75, 3.05) is 5.75 Å². The van der Waals surface area contributed by atoms with Crippen LogP contribution in [-0.4, -0.2) is 21.2 Å². The molecule has 208 valence electrons. The lowest BCUT2D eigenvalue weighted by molar-refractivity contribution is 0.444. The van der Waals surface area contributed by atoms with Gasteiger partial charge in [-0.3, -0.25) is 0 Å². The van der Waals surface area contributed by atoms with E-state index in [9.17, 15) is 10.2 Å².